The third-order valence-corrected chi connectivity index (χ3v) is 3.03. The van der Waals surface area contributed by atoms with Crippen molar-refractivity contribution in [3.8, 4) is 5.75 Å². The minimum absolute atomic E-state index is 0.0934. The number of halogens is 3. The number of likely N-dealkylation sites (N-methyl/N-ethyl adjacent to an activating group) is 1. The maximum atomic E-state index is 12.3. The molecule has 0 aliphatic rings. The van der Waals surface area contributed by atoms with Crippen molar-refractivity contribution in [2.24, 2.45) is 0 Å². The van der Waals surface area contributed by atoms with Crippen molar-refractivity contribution in [1.29, 1.82) is 0 Å². The molecule has 0 aromatic heterocycles. The van der Waals surface area contributed by atoms with Gasteiger partial charge in [-0.05, 0) is 24.6 Å². The van der Waals surface area contributed by atoms with E-state index in [1.165, 1.54) is 24.3 Å². The Balaban J connectivity index is 2.79. The number of ether oxygens (including phenoxy) is 1. The number of alkyl halides is 3. The van der Waals surface area contributed by atoms with Gasteiger partial charge in [0.15, 0.2) is 0 Å². The molecule has 1 atom stereocenters. The number of phenolic OH excluding ortho intramolecular Hbond substituents is 1. The van der Waals surface area contributed by atoms with Crippen LogP contribution in [0.5, 0.6) is 5.75 Å². The van der Waals surface area contributed by atoms with Crippen molar-refractivity contribution < 1.29 is 32.6 Å². The van der Waals surface area contributed by atoms with Crippen LogP contribution >= 0.6 is 0 Å². The van der Waals surface area contributed by atoms with Crippen molar-refractivity contribution >= 4 is 11.9 Å². The lowest BCUT2D eigenvalue weighted by Gasteiger charge is -2.22. The predicted octanol–water partition coefficient (Wildman–Crippen LogP) is 1.61. The van der Waals surface area contributed by atoms with Gasteiger partial charge in [0.2, 0.25) is 5.91 Å². The van der Waals surface area contributed by atoms with Gasteiger partial charge in [-0.3, -0.25) is 10.1 Å². The number of hydrogen-bond acceptors (Lipinski definition) is 5. The SMILES string of the molecule is CCOC(=O)C(NCC(=O)N(C)CC(F)(F)F)c1cccc(O)c1. The van der Waals surface area contributed by atoms with E-state index < -0.39 is 37.2 Å². The summed E-state index contributed by atoms with van der Waals surface area (Å²) in [5.74, 6) is -1.62. The van der Waals surface area contributed by atoms with Crippen LogP contribution in [-0.2, 0) is 14.3 Å². The van der Waals surface area contributed by atoms with Crippen LogP contribution in [0.15, 0.2) is 24.3 Å². The average molecular weight is 348 g/mol. The van der Waals surface area contributed by atoms with E-state index in [9.17, 15) is 27.9 Å². The quantitative estimate of drug-likeness (QED) is 0.732. The molecule has 6 nitrogen and oxygen atoms in total. The Labute approximate surface area is 137 Å². The fraction of sp³-hybridized carbons (Fsp3) is 0.467. The fourth-order valence-corrected chi connectivity index (χ4v) is 1.95. The van der Waals surface area contributed by atoms with Gasteiger partial charge in [0.1, 0.15) is 18.3 Å². The largest absolute Gasteiger partial charge is 0.508 e. The Morgan fingerprint density at radius 1 is 1.38 bits per heavy atom. The summed E-state index contributed by atoms with van der Waals surface area (Å²) in [6, 6.07) is 4.64. The van der Waals surface area contributed by atoms with Gasteiger partial charge >= 0.3 is 12.1 Å². The molecule has 1 aromatic rings. The summed E-state index contributed by atoms with van der Waals surface area (Å²) in [7, 11) is 1.02. The zero-order chi connectivity index (χ0) is 18.3. The molecular weight excluding hydrogens is 329 g/mol. The van der Waals surface area contributed by atoms with E-state index in [-0.39, 0.29) is 12.4 Å². The van der Waals surface area contributed by atoms with Gasteiger partial charge in [0, 0.05) is 7.05 Å². The van der Waals surface area contributed by atoms with E-state index >= 15 is 0 Å². The third-order valence-electron chi connectivity index (χ3n) is 3.03. The first-order chi connectivity index (χ1) is 11.1. The van der Waals surface area contributed by atoms with Gasteiger partial charge in [-0.15, -0.1) is 0 Å². The zero-order valence-corrected chi connectivity index (χ0v) is 13.3. The molecule has 1 aromatic carbocycles. The highest BCUT2D eigenvalue weighted by atomic mass is 19.4. The van der Waals surface area contributed by atoms with Crippen molar-refractivity contribution in [1.82, 2.24) is 10.2 Å². The first kappa shape index (κ1) is 19.8. The lowest BCUT2D eigenvalue weighted by atomic mass is 10.1. The van der Waals surface area contributed by atoms with Crippen LogP contribution in [0.2, 0.25) is 0 Å². The Morgan fingerprint density at radius 3 is 2.58 bits per heavy atom. The summed E-state index contributed by atoms with van der Waals surface area (Å²) < 4.78 is 41.7. The first-order valence-electron chi connectivity index (χ1n) is 7.13. The molecule has 0 bridgehead atoms. The molecule has 0 saturated carbocycles. The summed E-state index contributed by atoms with van der Waals surface area (Å²) in [5.41, 5.74) is 0.333. The molecule has 134 valence electrons. The second-order valence-corrected chi connectivity index (χ2v) is 5.03. The molecule has 9 heteroatoms. The van der Waals surface area contributed by atoms with Gasteiger partial charge in [-0.25, -0.2) is 4.79 Å². The van der Waals surface area contributed by atoms with E-state index in [1.54, 1.807) is 6.92 Å². The number of nitrogens with zero attached hydrogens (tertiary/aromatic N) is 1. The Morgan fingerprint density at radius 2 is 2.04 bits per heavy atom. The van der Waals surface area contributed by atoms with E-state index in [1.807, 2.05) is 0 Å². The second kappa shape index (κ2) is 8.53. The number of hydrogen-bond donors (Lipinski definition) is 2. The number of esters is 1. The van der Waals surface area contributed by atoms with Gasteiger partial charge < -0.3 is 14.7 Å². The standard InChI is InChI=1S/C15H19F3N2O4/c1-3-24-14(23)13(10-5-4-6-11(21)7-10)19-8-12(22)20(2)9-15(16,17)18/h4-7,13,19,21H,3,8-9H2,1-2H3. The number of benzene rings is 1. The summed E-state index contributed by atoms with van der Waals surface area (Å²) in [6.45, 7) is -0.188. The molecule has 1 rings (SSSR count). The zero-order valence-electron chi connectivity index (χ0n) is 13.3. The van der Waals surface area contributed by atoms with Gasteiger partial charge in [-0.2, -0.15) is 13.2 Å². The van der Waals surface area contributed by atoms with Crippen LogP contribution in [0.25, 0.3) is 0 Å². The fourth-order valence-electron chi connectivity index (χ4n) is 1.95. The monoisotopic (exact) mass is 348 g/mol. The molecular formula is C15H19F3N2O4. The lowest BCUT2D eigenvalue weighted by molar-refractivity contribution is -0.158. The Bertz CT molecular complexity index is 578. The van der Waals surface area contributed by atoms with Crippen LogP contribution in [0, 0.1) is 0 Å². The van der Waals surface area contributed by atoms with Crippen LogP contribution in [0.1, 0.15) is 18.5 Å². The van der Waals surface area contributed by atoms with E-state index in [4.69, 9.17) is 4.74 Å². The number of nitrogens with one attached hydrogen (secondary N) is 1. The van der Waals surface area contributed by atoms with Crippen molar-refractivity contribution in [2.45, 2.75) is 19.1 Å². The summed E-state index contributed by atoms with van der Waals surface area (Å²) in [4.78, 5) is 24.3. The highest BCUT2D eigenvalue weighted by Crippen LogP contribution is 2.20. The Hall–Kier alpha value is -2.29. The normalized spacial score (nSPS) is 12.5. The number of rotatable bonds is 7. The van der Waals surface area contributed by atoms with Crippen LogP contribution in [-0.4, -0.2) is 54.8 Å². The van der Waals surface area contributed by atoms with Crippen LogP contribution in [0.4, 0.5) is 13.2 Å². The molecule has 0 saturated heterocycles. The molecule has 0 aliphatic heterocycles. The minimum atomic E-state index is -4.50. The maximum absolute atomic E-state index is 12.3. The predicted molar refractivity (Wildman–Crippen MR) is 79.2 cm³/mol. The lowest BCUT2D eigenvalue weighted by Crippen LogP contribution is -2.43. The molecule has 0 heterocycles. The molecule has 0 radical (unpaired) electrons. The number of carbonyl (C=O) groups is 2. The number of carbonyl (C=O) groups excluding carboxylic acids is 2. The van der Waals surface area contributed by atoms with Crippen LogP contribution < -0.4 is 5.32 Å². The van der Waals surface area contributed by atoms with Crippen LogP contribution in [0.3, 0.4) is 0 Å². The van der Waals surface area contributed by atoms with E-state index in [0.29, 0.717) is 10.5 Å². The van der Waals surface area contributed by atoms with Crippen molar-refractivity contribution in [2.75, 3.05) is 26.7 Å². The highest BCUT2D eigenvalue weighted by molar-refractivity contribution is 5.81. The van der Waals surface area contributed by atoms with Gasteiger partial charge in [0.25, 0.3) is 0 Å². The minimum Gasteiger partial charge on any atom is -0.508 e. The third kappa shape index (κ3) is 6.45. The molecule has 0 spiro atoms. The second-order valence-electron chi connectivity index (χ2n) is 5.03. The summed E-state index contributed by atoms with van der Waals surface area (Å²) in [6.07, 6.45) is -4.50. The highest BCUT2D eigenvalue weighted by Gasteiger charge is 2.31. The van der Waals surface area contributed by atoms with E-state index in [2.05, 4.69) is 5.32 Å². The topological polar surface area (TPSA) is 78.9 Å². The molecule has 24 heavy (non-hydrogen) atoms. The molecule has 0 aliphatic carbocycles. The Kier molecular flexibility index (Phi) is 7.02. The summed E-state index contributed by atoms with van der Waals surface area (Å²) >= 11 is 0. The van der Waals surface area contributed by atoms with Crippen molar-refractivity contribution in [3.05, 3.63) is 29.8 Å². The molecule has 0 fully saturated rings. The van der Waals surface area contributed by atoms with Gasteiger partial charge in [0.05, 0.1) is 13.2 Å². The number of aromatic hydroxyl groups is 1. The summed E-state index contributed by atoms with van der Waals surface area (Å²) in [5, 5.41) is 12.1. The average Bonchev–Trinajstić information content (AvgIpc) is 2.45. The van der Waals surface area contributed by atoms with Crippen molar-refractivity contribution in [3.63, 3.8) is 0 Å². The smallest absolute Gasteiger partial charge is 0.406 e. The first-order valence-corrected chi connectivity index (χ1v) is 7.13. The van der Waals surface area contributed by atoms with E-state index in [0.717, 1.165) is 7.05 Å². The molecule has 1 unspecified atom stereocenters. The van der Waals surface area contributed by atoms with Gasteiger partial charge in [-0.1, -0.05) is 12.1 Å². The molecule has 1 amide bonds. The number of amides is 1. The molecule has 2 N–H and O–H groups in total. The maximum Gasteiger partial charge on any atom is 0.406 e. The number of phenols is 1.